The fourth-order valence-corrected chi connectivity index (χ4v) is 6.04. The molecule has 1 spiro atoms. The summed E-state index contributed by atoms with van der Waals surface area (Å²) < 4.78 is 0. The predicted octanol–water partition coefficient (Wildman–Crippen LogP) is 4.34. The average Bonchev–Trinajstić information content (AvgIpc) is 3.23. The van der Waals surface area contributed by atoms with E-state index < -0.39 is 0 Å². The van der Waals surface area contributed by atoms with E-state index in [0.29, 0.717) is 0 Å². The molecule has 1 atom stereocenters. The first kappa shape index (κ1) is 18.1. The number of hydrogen-bond donors (Lipinski definition) is 0. The van der Waals surface area contributed by atoms with Gasteiger partial charge in [0.1, 0.15) is 0 Å². The fourth-order valence-electron chi connectivity index (χ4n) is 4.57. The fraction of sp³-hybridized carbons (Fsp3) is 0.600. The van der Waals surface area contributed by atoms with Crippen LogP contribution in [0.3, 0.4) is 0 Å². The minimum Gasteiger partial charge on any atom is -0.337 e. The molecule has 0 radical (unpaired) electrons. The van der Waals surface area contributed by atoms with Crippen LogP contribution in [0.2, 0.25) is 0 Å². The van der Waals surface area contributed by atoms with Crippen molar-refractivity contribution in [1.29, 1.82) is 0 Å². The van der Waals surface area contributed by atoms with E-state index in [1.807, 2.05) is 6.07 Å². The third-order valence-corrected chi connectivity index (χ3v) is 7.54. The first-order chi connectivity index (χ1) is 12.5. The van der Waals surface area contributed by atoms with Gasteiger partial charge in [-0.3, -0.25) is 9.69 Å². The highest BCUT2D eigenvalue weighted by Crippen LogP contribution is 2.39. The van der Waals surface area contributed by atoms with Crippen molar-refractivity contribution in [3.63, 3.8) is 0 Å². The van der Waals surface area contributed by atoms with Crippen molar-refractivity contribution >= 4 is 28.6 Å². The van der Waals surface area contributed by atoms with E-state index in [2.05, 4.69) is 39.4 Å². The molecule has 26 heavy (non-hydrogen) atoms. The highest BCUT2D eigenvalue weighted by molar-refractivity contribution is 7.12. The SMILES string of the molecule is Cc1csc(C(=O)N2CCCC3(CCCN(Cc4csc(C)n4)C3)C2)c1. The quantitative estimate of drug-likeness (QED) is 0.783. The highest BCUT2D eigenvalue weighted by atomic mass is 32.1. The zero-order valence-corrected chi connectivity index (χ0v) is 17.3. The van der Waals surface area contributed by atoms with Crippen molar-refractivity contribution < 1.29 is 4.79 Å². The van der Waals surface area contributed by atoms with Gasteiger partial charge in [0.25, 0.3) is 5.91 Å². The Morgan fingerprint density at radius 3 is 2.65 bits per heavy atom. The Bertz CT molecular complexity index is 780. The van der Waals surface area contributed by atoms with Crippen LogP contribution >= 0.6 is 22.7 Å². The number of rotatable bonds is 3. The molecule has 0 bridgehead atoms. The summed E-state index contributed by atoms with van der Waals surface area (Å²) in [6.07, 6.45) is 4.84. The van der Waals surface area contributed by atoms with Crippen molar-refractivity contribution in [3.8, 4) is 0 Å². The van der Waals surface area contributed by atoms with Crippen LogP contribution in [0.15, 0.2) is 16.8 Å². The van der Waals surface area contributed by atoms with Crippen molar-refractivity contribution in [2.75, 3.05) is 26.2 Å². The van der Waals surface area contributed by atoms with Crippen molar-refractivity contribution in [1.82, 2.24) is 14.8 Å². The molecule has 2 aromatic heterocycles. The lowest BCUT2D eigenvalue weighted by molar-refractivity contribution is 0.0113. The molecular weight excluding hydrogens is 362 g/mol. The molecule has 2 aliphatic rings. The first-order valence-electron chi connectivity index (χ1n) is 9.51. The van der Waals surface area contributed by atoms with Gasteiger partial charge < -0.3 is 4.90 Å². The number of hydrogen-bond acceptors (Lipinski definition) is 5. The van der Waals surface area contributed by atoms with Gasteiger partial charge >= 0.3 is 0 Å². The second-order valence-corrected chi connectivity index (χ2v) is 9.96. The Morgan fingerprint density at radius 2 is 1.96 bits per heavy atom. The number of thiazole rings is 1. The standard InChI is InChI=1S/C20H27N3OS2/c1-15-9-18(26-11-15)19(24)23-8-4-6-20(14-23)5-3-7-22(13-20)10-17-12-25-16(2)21-17/h9,11-12H,3-8,10,13-14H2,1-2H3. The Kier molecular flexibility index (Phi) is 5.17. The molecule has 2 fully saturated rings. The van der Waals surface area contributed by atoms with Crippen molar-refractivity contribution in [2.24, 2.45) is 5.41 Å². The van der Waals surface area contributed by atoms with Crippen LogP contribution in [0.4, 0.5) is 0 Å². The summed E-state index contributed by atoms with van der Waals surface area (Å²) in [6.45, 7) is 9.14. The zero-order valence-electron chi connectivity index (χ0n) is 15.7. The summed E-state index contributed by atoms with van der Waals surface area (Å²) in [5, 5.41) is 5.41. The second kappa shape index (κ2) is 7.41. The number of aromatic nitrogens is 1. The van der Waals surface area contributed by atoms with E-state index in [1.54, 1.807) is 22.7 Å². The summed E-state index contributed by atoms with van der Waals surface area (Å²) in [6, 6.07) is 2.03. The lowest BCUT2D eigenvalue weighted by Gasteiger charge is -2.48. The van der Waals surface area contributed by atoms with Gasteiger partial charge in [-0.1, -0.05) is 0 Å². The molecule has 6 heteroatoms. The maximum absolute atomic E-state index is 12.9. The van der Waals surface area contributed by atoms with Gasteiger partial charge in [0.2, 0.25) is 0 Å². The Hall–Kier alpha value is -1.24. The van der Waals surface area contributed by atoms with E-state index in [-0.39, 0.29) is 11.3 Å². The summed E-state index contributed by atoms with van der Waals surface area (Å²) in [5.41, 5.74) is 2.65. The predicted molar refractivity (Wildman–Crippen MR) is 108 cm³/mol. The van der Waals surface area contributed by atoms with Gasteiger partial charge in [-0.05, 0) is 63.1 Å². The van der Waals surface area contributed by atoms with Crippen molar-refractivity contribution in [3.05, 3.63) is 38.0 Å². The molecule has 1 amide bonds. The molecule has 4 rings (SSSR count). The molecule has 0 saturated carbocycles. The van der Waals surface area contributed by atoms with Gasteiger partial charge in [-0.15, -0.1) is 22.7 Å². The number of carbonyl (C=O) groups excluding carboxylic acids is 1. The number of carbonyl (C=O) groups is 1. The Balaban J connectivity index is 1.44. The normalized spacial score (nSPS) is 24.3. The third kappa shape index (κ3) is 3.87. The summed E-state index contributed by atoms with van der Waals surface area (Å²) in [7, 11) is 0. The summed E-state index contributed by atoms with van der Waals surface area (Å²) in [5.74, 6) is 0.231. The maximum atomic E-state index is 12.9. The van der Waals surface area contributed by atoms with Gasteiger partial charge in [-0.25, -0.2) is 4.98 Å². The number of piperidine rings is 2. The van der Waals surface area contributed by atoms with Gasteiger partial charge in [0.15, 0.2) is 0 Å². The largest absolute Gasteiger partial charge is 0.337 e. The van der Waals surface area contributed by atoms with Crippen LogP contribution in [0.1, 0.15) is 51.6 Å². The van der Waals surface area contributed by atoms with E-state index >= 15 is 0 Å². The zero-order chi connectivity index (χ0) is 18.1. The monoisotopic (exact) mass is 389 g/mol. The smallest absolute Gasteiger partial charge is 0.263 e. The number of thiophene rings is 1. The highest BCUT2D eigenvalue weighted by Gasteiger charge is 2.40. The van der Waals surface area contributed by atoms with Gasteiger partial charge in [0.05, 0.1) is 15.6 Å². The molecule has 2 aromatic rings. The molecule has 0 N–H and O–H groups in total. The van der Waals surface area contributed by atoms with Crippen LogP contribution in [0.5, 0.6) is 0 Å². The van der Waals surface area contributed by atoms with Crippen LogP contribution in [-0.2, 0) is 6.54 Å². The summed E-state index contributed by atoms with van der Waals surface area (Å²) in [4.78, 5) is 23.1. The molecule has 2 aliphatic heterocycles. The Morgan fingerprint density at radius 1 is 1.15 bits per heavy atom. The minimum absolute atomic E-state index is 0.231. The number of likely N-dealkylation sites (tertiary alicyclic amines) is 2. The summed E-state index contributed by atoms with van der Waals surface area (Å²) >= 11 is 3.32. The molecular formula is C20H27N3OS2. The first-order valence-corrected chi connectivity index (χ1v) is 11.3. The second-order valence-electron chi connectivity index (χ2n) is 7.99. The van der Waals surface area contributed by atoms with Gasteiger partial charge in [-0.2, -0.15) is 0 Å². The van der Waals surface area contributed by atoms with Crippen LogP contribution < -0.4 is 0 Å². The lowest BCUT2D eigenvalue weighted by atomic mass is 9.73. The molecule has 0 aliphatic carbocycles. The van der Waals surface area contributed by atoms with E-state index in [4.69, 9.17) is 0 Å². The third-order valence-electron chi connectivity index (χ3n) is 5.68. The topological polar surface area (TPSA) is 36.4 Å². The van der Waals surface area contributed by atoms with E-state index in [9.17, 15) is 4.79 Å². The molecule has 4 heterocycles. The molecule has 4 nitrogen and oxygen atoms in total. The van der Waals surface area contributed by atoms with Crippen LogP contribution in [0, 0.1) is 19.3 Å². The molecule has 140 valence electrons. The molecule has 0 aromatic carbocycles. The minimum atomic E-state index is 0.231. The number of aryl methyl sites for hydroxylation is 2. The van der Waals surface area contributed by atoms with E-state index in [0.717, 1.165) is 49.0 Å². The van der Waals surface area contributed by atoms with E-state index in [1.165, 1.54) is 30.5 Å². The van der Waals surface area contributed by atoms with Crippen LogP contribution in [0.25, 0.3) is 0 Å². The average molecular weight is 390 g/mol. The maximum Gasteiger partial charge on any atom is 0.263 e. The molecule has 1 unspecified atom stereocenters. The number of amides is 1. The van der Waals surface area contributed by atoms with Crippen molar-refractivity contribution in [2.45, 2.75) is 46.1 Å². The molecule has 2 saturated heterocycles. The van der Waals surface area contributed by atoms with Gasteiger partial charge in [0, 0.05) is 37.0 Å². The number of nitrogens with zero attached hydrogens (tertiary/aromatic N) is 3. The van der Waals surface area contributed by atoms with Crippen LogP contribution in [-0.4, -0.2) is 46.9 Å². The lowest BCUT2D eigenvalue weighted by Crippen LogP contribution is -2.53. The Labute approximate surface area is 163 Å².